The molecule has 1 rings (SSSR count). The van der Waals surface area contributed by atoms with Crippen molar-refractivity contribution in [3.63, 3.8) is 0 Å². The predicted molar refractivity (Wildman–Crippen MR) is 82.6 cm³/mol. The summed E-state index contributed by atoms with van der Waals surface area (Å²) in [5.41, 5.74) is 6.05. The van der Waals surface area contributed by atoms with Crippen molar-refractivity contribution in [2.24, 2.45) is 5.73 Å². The Morgan fingerprint density at radius 1 is 1.41 bits per heavy atom. The van der Waals surface area contributed by atoms with Gasteiger partial charge in [0.2, 0.25) is 11.8 Å². The highest BCUT2D eigenvalue weighted by Crippen LogP contribution is 2.14. The SMILES string of the molecule is CCOC(=O)CCC(=O)N[C@@H](Cc1cccnc1Br)C(N)=O. The molecule has 3 N–H and O–H groups in total. The van der Waals surface area contributed by atoms with Gasteiger partial charge in [-0.2, -0.15) is 0 Å². The van der Waals surface area contributed by atoms with Gasteiger partial charge in [0, 0.05) is 19.0 Å². The largest absolute Gasteiger partial charge is 0.466 e. The molecule has 0 radical (unpaired) electrons. The third kappa shape index (κ3) is 6.21. The number of halogens is 1. The predicted octanol–water partition coefficient (Wildman–Crippen LogP) is 0.700. The van der Waals surface area contributed by atoms with E-state index in [1.165, 1.54) is 0 Å². The second-order valence-corrected chi connectivity index (χ2v) is 5.24. The number of primary amides is 1. The number of pyridine rings is 1. The molecular formula is C14H18BrN3O4. The Kier molecular flexibility index (Phi) is 7.51. The van der Waals surface area contributed by atoms with Crippen LogP contribution in [-0.4, -0.2) is 35.4 Å². The fraction of sp³-hybridized carbons (Fsp3) is 0.429. The molecule has 1 heterocycles. The van der Waals surface area contributed by atoms with Gasteiger partial charge < -0.3 is 15.8 Å². The molecule has 0 spiro atoms. The number of aromatic nitrogens is 1. The zero-order valence-corrected chi connectivity index (χ0v) is 13.8. The van der Waals surface area contributed by atoms with Crippen molar-refractivity contribution in [3.8, 4) is 0 Å². The van der Waals surface area contributed by atoms with Gasteiger partial charge in [0.05, 0.1) is 13.0 Å². The maximum absolute atomic E-state index is 11.8. The number of nitrogens with one attached hydrogen (secondary N) is 1. The summed E-state index contributed by atoms with van der Waals surface area (Å²) in [5.74, 6) is -1.54. The molecule has 8 heteroatoms. The molecule has 1 atom stereocenters. The zero-order valence-electron chi connectivity index (χ0n) is 12.2. The molecule has 0 aromatic carbocycles. The molecule has 22 heavy (non-hydrogen) atoms. The number of ether oxygens (including phenoxy) is 1. The van der Waals surface area contributed by atoms with Crippen LogP contribution in [0.1, 0.15) is 25.3 Å². The molecule has 0 aliphatic carbocycles. The van der Waals surface area contributed by atoms with Crippen LogP contribution >= 0.6 is 15.9 Å². The van der Waals surface area contributed by atoms with Gasteiger partial charge >= 0.3 is 5.97 Å². The smallest absolute Gasteiger partial charge is 0.306 e. The van der Waals surface area contributed by atoms with E-state index in [9.17, 15) is 14.4 Å². The van der Waals surface area contributed by atoms with E-state index < -0.39 is 23.8 Å². The second-order valence-electron chi connectivity index (χ2n) is 4.48. The van der Waals surface area contributed by atoms with Crippen molar-refractivity contribution < 1.29 is 19.1 Å². The lowest BCUT2D eigenvalue weighted by molar-refractivity contribution is -0.144. The molecule has 1 aromatic rings. The van der Waals surface area contributed by atoms with Gasteiger partial charge in [-0.1, -0.05) is 6.07 Å². The quantitative estimate of drug-likeness (QED) is 0.516. The van der Waals surface area contributed by atoms with E-state index in [0.717, 1.165) is 5.56 Å². The topological polar surface area (TPSA) is 111 Å². The Balaban J connectivity index is 2.58. The summed E-state index contributed by atoms with van der Waals surface area (Å²) in [6.07, 6.45) is 1.72. The van der Waals surface area contributed by atoms with Crippen LogP contribution in [0.5, 0.6) is 0 Å². The monoisotopic (exact) mass is 371 g/mol. The number of rotatable bonds is 8. The van der Waals surface area contributed by atoms with Crippen molar-refractivity contribution >= 4 is 33.7 Å². The second kappa shape index (κ2) is 9.14. The van der Waals surface area contributed by atoms with E-state index in [0.29, 0.717) is 4.60 Å². The average Bonchev–Trinajstić information content (AvgIpc) is 2.47. The van der Waals surface area contributed by atoms with Crippen LogP contribution in [0.15, 0.2) is 22.9 Å². The van der Waals surface area contributed by atoms with Crippen molar-refractivity contribution in [2.75, 3.05) is 6.61 Å². The summed E-state index contributed by atoms with van der Waals surface area (Å²) < 4.78 is 5.32. The Hall–Kier alpha value is -1.96. The number of hydrogen-bond acceptors (Lipinski definition) is 5. The van der Waals surface area contributed by atoms with Crippen LogP contribution in [0.2, 0.25) is 0 Å². The minimum atomic E-state index is -0.866. The summed E-state index contributed by atoms with van der Waals surface area (Å²) in [6.45, 7) is 1.95. The molecule has 0 saturated heterocycles. The third-order valence-electron chi connectivity index (χ3n) is 2.80. The van der Waals surface area contributed by atoms with Gasteiger partial charge in [-0.05, 0) is 34.5 Å². The van der Waals surface area contributed by atoms with Gasteiger partial charge in [0.15, 0.2) is 0 Å². The lowest BCUT2D eigenvalue weighted by Gasteiger charge is -2.16. The van der Waals surface area contributed by atoms with Crippen LogP contribution in [0.3, 0.4) is 0 Å². The molecule has 120 valence electrons. The Morgan fingerprint density at radius 2 is 2.14 bits per heavy atom. The van der Waals surface area contributed by atoms with Crippen LogP contribution in [0.25, 0.3) is 0 Å². The first-order chi connectivity index (χ1) is 10.4. The first-order valence-corrected chi connectivity index (χ1v) is 7.57. The molecule has 2 amide bonds. The number of carbonyl (C=O) groups excluding carboxylic acids is 3. The first kappa shape index (κ1) is 18.1. The summed E-state index contributed by atoms with van der Waals surface area (Å²) in [5, 5.41) is 2.52. The van der Waals surface area contributed by atoms with Crippen LogP contribution in [0.4, 0.5) is 0 Å². The minimum absolute atomic E-state index is 0.0399. The Bertz CT molecular complexity index is 551. The highest BCUT2D eigenvalue weighted by molar-refractivity contribution is 9.10. The normalized spacial score (nSPS) is 11.5. The zero-order chi connectivity index (χ0) is 16.5. The Morgan fingerprint density at radius 3 is 2.73 bits per heavy atom. The summed E-state index contributed by atoms with van der Waals surface area (Å²) in [4.78, 5) is 38.5. The minimum Gasteiger partial charge on any atom is -0.466 e. The van der Waals surface area contributed by atoms with Gasteiger partial charge in [-0.15, -0.1) is 0 Å². The highest BCUT2D eigenvalue weighted by atomic mass is 79.9. The van der Waals surface area contributed by atoms with E-state index in [4.69, 9.17) is 10.5 Å². The maximum atomic E-state index is 11.8. The third-order valence-corrected chi connectivity index (χ3v) is 3.51. The molecule has 0 unspecified atom stereocenters. The molecule has 0 aliphatic rings. The highest BCUT2D eigenvalue weighted by Gasteiger charge is 2.20. The molecular weight excluding hydrogens is 354 g/mol. The lowest BCUT2D eigenvalue weighted by atomic mass is 10.1. The van der Waals surface area contributed by atoms with Gasteiger partial charge in [-0.25, -0.2) is 4.98 Å². The fourth-order valence-electron chi connectivity index (χ4n) is 1.73. The van der Waals surface area contributed by atoms with Gasteiger partial charge in [-0.3, -0.25) is 14.4 Å². The van der Waals surface area contributed by atoms with Gasteiger partial charge in [0.25, 0.3) is 0 Å². The van der Waals surface area contributed by atoms with Crippen LogP contribution in [0, 0.1) is 0 Å². The van der Waals surface area contributed by atoms with Crippen LogP contribution in [-0.2, 0) is 25.5 Å². The molecule has 0 saturated carbocycles. The standard InChI is InChI=1S/C14H18BrN3O4/c1-2-22-12(20)6-5-11(19)18-10(14(16)21)8-9-4-3-7-17-13(9)15/h3-4,7,10H,2,5-6,8H2,1H3,(H2,16,21)(H,18,19)/t10-/m0/s1. The number of nitrogens with two attached hydrogens (primary N) is 1. The fourth-order valence-corrected chi connectivity index (χ4v) is 2.14. The van der Waals surface area contributed by atoms with E-state index >= 15 is 0 Å². The number of nitrogens with zero attached hydrogens (tertiary/aromatic N) is 1. The maximum Gasteiger partial charge on any atom is 0.306 e. The number of carbonyl (C=O) groups is 3. The van der Waals surface area contributed by atoms with Crippen molar-refractivity contribution in [1.82, 2.24) is 10.3 Å². The number of hydrogen-bond donors (Lipinski definition) is 2. The molecule has 1 aromatic heterocycles. The van der Waals surface area contributed by atoms with E-state index in [1.54, 1.807) is 25.3 Å². The molecule has 7 nitrogen and oxygen atoms in total. The Labute approximate surface area is 136 Å². The molecule has 0 fully saturated rings. The summed E-state index contributed by atoms with van der Waals surface area (Å²) >= 11 is 3.27. The number of amides is 2. The lowest BCUT2D eigenvalue weighted by Crippen LogP contribution is -2.46. The van der Waals surface area contributed by atoms with Gasteiger partial charge in [0.1, 0.15) is 10.6 Å². The van der Waals surface area contributed by atoms with Crippen molar-refractivity contribution in [3.05, 3.63) is 28.5 Å². The molecule has 0 aliphatic heterocycles. The number of esters is 1. The van der Waals surface area contributed by atoms with Crippen molar-refractivity contribution in [1.29, 1.82) is 0 Å². The van der Waals surface area contributed by atoms with Crippen LogP contribution < -0.4 is 11.1 Å². The van der Waals surface area contributed by atoms with E-state index in [-0.39, 0.29) is 25.9 Å². The van der Waals surface area contributed by atoms with E-state index in [2.05, 4.69) is 26.2 Å². The van der Waals surface area contributed by atoms with E-state index in [1.807, 2.05) is 0 Å². The average molecular weight is 372 g/mol. The summed E-state index contributed by atoms with van der Waals surface area (Å²) in [6, 6.07) is 2.63. The van der Waals surface area contributed by atoms with Crippen molar-refractivity contribution in [2.45, 2.75) is 32.2 Å². The summed E-state index contributed by atoms with van der Waals surface area (Å²) in [7, 11) is 0. The molecule has 0 bridgehead atoms. The first-order valence-electron chi connectivity index (χ1n) is 6.77.